The van der Waals surface area contributed by atoms with Crippen LogP contribution < -0.4 is 4.74 Å². The van der Waals surface area contributed by atoms with Gasteiger partial charge < -0.3 is 13.8 Å². The highest BCUT2D eigenvalue weighted by molar-refractivity contribution is 7.99. The molecule has 5 rings (SSSR count). The smallest absolute Gasteiger partial charge is 0.226 e. The van der Waals surface area contributed by atoms with Gasteiger partial charge in [-0.15, -0.1) is 10.2 Å². The maximum absolute atomic E-state index is 13.8. The molecule has 0 atom stereocenters. The van der Waals surface area contributed by atoms with E-state index in [1.165, 1.54) is 6.07 Å². The van der Waals surface area contributed by atoms with Crippen molar-refractivity contribution in [3.05, 3.63) is 70.6 Å². The monoisotopic (exact) mass is 499 g/mol. The van der Waals surface area contributed by atoms with Gasteiger partial charge in [0.15, 0.2) is 11.0 Å². The number of aromatic nitrogens is 5. The summed E-state index contributed by atoms with van der Waals surface area (Å²) in [5.41, 5.74) is 1.19. The van der Waals surface area contributed by atoms with E-state index in [0.717, 1.165) is 36.0 Å². The van der Waals surface area contributed by atoms with Crippen molar-refractivity contribution >= 4 is 23.4 Å². The largest absolute Gasteiger partial charge is 0.484 e. The molecule has 4 aromatic rings. The van der Waals surface area contributed by atoms with Gasteiger partial charge in [-0.3, -0.25) is 0 Å². The average molecular weight is 500 g/mol. The molecule has 7 nitrogen and oxygen atoms in total. The second kappa shape index (κ2) is 10.1. The van der Waals surface area contributed by atoms with Gasteiger partial charge in [-0.25, -0.2) is 4.39 Å². The number of halogens is 2. The minimum absolute atomic E-state index is 0.281. The third kappa shape index (κ3) is 5.26. The molecule has 176 valence electrons. The Bertz CT molecular complexity index is 1290. The predicted octanol–water partition coefficient (Wildman–Crippen LogP) is 6.07. The van der Waals surface area contributed by atoms with Crippen molar-refractivity contribution < 1.29 is 13.7 Å². The fourth-order valence-electron chi connectivity index (χ4n) is 3.50. The number of hydrogen-bond acceptors (Lipinski definition) is 7. The molecule has 0 bridgehead atoms. The molecular formula is C24H23ClFN5O2S. The highest BCUT2D eigenvalue weighted by atomic mass is 35.5. The molecule has 0 aliphatic heterocycles. The van der Waals surface area contributed by atoms with Crippen LogP contribution in [0, 0.1) is 12.7 Å². The Hall–Kier alpha value is -2.91. The molecule has 10 heteroatoms. The highest BCUT2D eigenvalue weighted by Gasteiger charge is 2.29. The molecule has 0 spiro atoms. The van der Waals surface area contributed by atoms with Crippen molar-refractivity contribution in [3.8, 4) is 17.1 Å². The molecule has 34 heavy (non-hydrogen) atoms. The van der Waals surface area contributed by atoms with Crippen molar-refractivity contribution in [2.24, 2.45) is 0 Å². The van der Waals surface area contributed by atoms with Crippen LogP contribution in [-0.2, 0) is 13.0 Å². The molecule has 2 aromatic heterocycles. The van der Waals surface area contributed by atoms with Gasteiger partial charge in [0.1, 0.15) is 18.2 Å². The summed E-state index contributed by atoms with van der Waals surface area (Å²) in [4.78, 5) is 4.40. The van der Waals surface area contributed by atoms with Crippen LogP contribution >= 0.6 is 23.4 Å². The first-order valence-corrected chi connectivity index (χ1v) is 12.5. The molecule has 0 saturated heterocycles. The summed E-state index contributed by atoms with van der Waals surface area (Å²) in [5, 5.41) is 14.2. The number of para-hydroxylation sites is 1. The fraction of sp³-hybridized carbons (Fsp3) is 0.333. The number of aryl methyl sites for hydroxylation is 2. The van der Waals surface area contributed by atoms with Crippen molar-refractivity contribution in [1.82, 2.24) is 24.9 Å². The molecule has 1 saturated carbocycles. The SMILES string of the molecule is Cc1ccc(-c2noc(CCCSc3nnc(COc4ccccc4Cl)n3C3CC3)n2)cc1F. The lowest BCUT2D eigenvalue weighted by molar-refractivity contribution is 0.288. The van der Waals surface area contributed by atoms with Crippen molar-refractivity contribution in [1.29, 1.82) is 0 Å². The summed E-state index contributed by atoms with van der Waals surface area (Å²) in [7, 11) is 0. The van der Waals surface area contributed by atoms with Crippen LogP contribution in [0.25, 0.3) is 11.4 Å². The Morgan fingerprint density at radius 1 is 1.21 bits per heavy atom. The van der Waals surface area contributed by atoms with E-state index in [2.05, 4.69) is 24.9 Å². The van der Waals surface area contributed by atoms with Crippen LogP contribution in [0.4, 0.5) is 4.39 Å². The van der Waals surface area contributed by atoms with E-state index in [0.29, 0.717) is 52.7 Å². The maximum atomic E-state index is 13.8. The lowest BCUT2D eigenvalue weighted by Gasteiger charge is -2.10. The minimum atomic E-state index is -0.281. The van der Waals surface area contributed by atoms with Gasteiger partial charge in [-0.1, -0.05) is 52.8 Å². The fourth-order valence-corrected chi connectivity index (χ4v) is 4.65. The normalized spacial score (nSPS) is 13.4. The first-order chi connectivity index (χ1) is 16.6. The van der Waals surface area contributed by atoms with Crippen LogP contribution in [-0.4, -0.2) is 30.7 Å². The van der Waals surface area contributed by atoms with Crippen LogP contribution in [0.1, 0.15) is 42.6 Å². The van der Waals surface area contributed by atoms with Gasteiger partial charge in [-0.2, -0.15) is 4.98 Å². The second-order valence-electron chi connectivity index (χ2n) is 8.15. The van der Waals surface area contributed by atoms with E-state index in [1.54, 1.807) is 36.9 Å². The molecular weight excluding hydrogens is 477 g/mol. The standard InChI is InChI=1S/C24H23ClFN5O2S/c1-15-8-9-16(13-19(15)26)23-27-22(33-30-23)7-4-12-34-24-29-28-21(31(24)17-10-11-17)14-32-20-6-3-2-5-18(20)25/h2-3,5-6,8-9,13,17H,4,7,10-12,14H2,1H3. The molecule has 0 amide bonds. The van der Waals surface area contributed by atoms with Crippen LogP contribution in [0.3, 0.4) is 0 Å². The highest BCUT2D eigenvalue weighted by Crippen LogP contribution is 2.39. The maximum Gasteiger partial charge on any atom is 0.226 e. The minimum Gasteiger partial charge on any atom is -0.484 e. The van der Waals surface area contributed by atoms with Crippen LogP contribution in [0.5, 0.6) is 5.75 Å². The number of benzene rings is 2. The van der Waals surface area contributed by atoms with E-state index in [1.807, 2.05) is 18.2 Å². The average Bonchev–Trinajstić information content (AvgIpc) is 3.42. The van der Waals surface area contributed by atoms with E-state index in [9.17, 15) is 4.39 Å². The quantitative estimate of drug-likeness (QED) is 0.193. The van der Waals surface area contributed by atoms with Gasteiger partial charge in [0.2, 0.25) is 11.7 Å². The van der Waals surface area contributed by atoms with Crippen molar-refractivity contribution in [3.63, 3.8) is 0 Å². The molecule has 0 N–H and O–H groups in total. The number of nitrogens with zero attached hydrogens (tertiary/aromatic N) is 5. The lowest BCUT2D eigenvalue weighted by atomic mass is 10.1. The lowest BCUT2D eigenvalue weighted by Crippen LogP contribution is -2.07. The predicted molar refractivity (Wildman–Crippen MR) is 128 cm³/mol. The van der Waals surface area contributed by atoms with Gasteiger partial charge in [0.25, 0.3) is 0 Å². The first kappa shape index (κ1) is 22.9. The molecule has 2 heterocycles. The first-order valence-electron chi connectivity index (χ1n) is 11.1. The molecule has 0 unspecified atom stereocenters. The van der Waals surface area contributed by atoms with Crippen molar-refractivity contribution in [2.45, 2.75) is 50.4 Å². The van der Waals surface area contributed by atoms with Gasteiger partial charge in [0, 0.05) is 23.8 Å². The Balaban J connectivity index is 1.16. The van der Waals surface area contributed by atoms with E-state index in [-0.39, 0.29) is 5.82 Å². The summed E-state index contributed by atoms with van der Waals surface area (Å²) in [5.74, 6) is 2.92. The molecule has 2 aromatic carbocycles. The third-order valence-electron chi connectivity index (χ3n) is 5.50. The Labute approximate surface area is 205 Å². The Kier molecular flexibility index (Phi) is 6.82. The third-order valence-corrected chi connectivity index (χ3v) is 6.85. The Morgan fingerprint density at radius 3 is 2.85 bits per heavy atom. The zero-order chi connectivity index (χ0) is 23.5. The second-order valence-corrected chi connectivity index (χ2v) is 9.62. The summed E-state index contributed by atoms with van der Waals surface area (Å²) < 4.78 is 27.2. The van der Waals surface area contributed by atoms with Crippen molar-refractivity contribution in [2.75, 3.05) is 5.75 Å². The number of thioether (sulfide) groups is 1. The van der Waals surface area contributed by atoms with Gasteiger partial charge in [0.05, 0.1) is 5.02 Å². The van der Waals surface area contributed by atoms with E-state index in [4.69, 9.17) is 20.9 Å². The summed E-state index contributed by atoms with van der Waals surface area (Å²) >= 11 is 7.84. The van der Waals surface area contributed by atoms with Gasteiger partial charge in [-0.05, 0) is 49.9 Å². The van der Waals surface area contributed by atoms with Crippen LogP contribution in [0.15, 0.2) is 52.1 Å². The Morgan fingerprint density at radius 2 is 2.06 bits per heavy atom. The molecule has 1 aliphatic rings. The number of hydrogen-bond donors (Lipinski definition) is 0. The van der Waals surface area contributed by atoms with Crippen LogP contribution in [0.2, 0.25) is 5.02 Å². The molecule has 1 aliphatic carbocycles. The molecule has 0 radical (unpaired) electrons. The molecule has 1 fully saturated rings. The number of rotatable bonds is 10. The summed E-state index contributed by atoms with van der Waals surface area (Å²) in [6.07, 6.45) is 3.70. The van der Waals surface area contributed by atoms with E-state index < -0.39 is 0 Å². The summed E-state index contributed by atoms with van der Waals surface area (Å²) in [6.45, 7) is 2.04. The van der Waals surface area contributed by atoms with Gasteiger partial charge >= 0.3 is 0 Å². The topological polar surface area (TPSA) is 78.9 Å². The zero-order valence-corrected chi connectivity index (χ0v) is 20.2. The zero-order valence-electron chi connectivity index (χ0n) is 18.6. The number of ether oxygens (including phenoxy) is 1. The summed E-state index contributed by atoms with van der Waals surface area (Å²) in [6, 6.07) is 12.8. The van der Waals surface area contributed by atoms with E-state index >= 15 is 0 Å².